The molecule has 2 rings (SSSR count). The number of ether oxygens (including phenoxy) is 3. The van der Waals surface area contributed by atoms with Crippen molar-refractivity contribution >= 4 is 24.0 Å². The summed E-state index contributed by atoms with van der Waals surface area (Å²) in [6, 6.07) is 12.8. The van der Waals surface area contributed by atoms with Crippen LogP contribution < -0.4 is 19.9 Å². The molecule has 1 amide bonds. The molecule has 7 heteroatoms. The maximum Gasteiger partial charge on any atom is 0.226 e. The maximum absolute atomic E-state index is 12.2. The number of nitrogens with two attached hydrogens (primary N) is 1. The van der Waals surface area contributed by atoms with Crippen molar-refractivity contribution in [1.29, 1.82) is 0 Å². The van der Waals surface area contributed by atoms with Gasteiger partial charge >= 0.3 is 0 Å². The van der Waals surface area contributed by atoms with E-state index in [-0.39, 0.29) is 18.3 Å². The summed E-state index contributed by atoms with van der Waals surface area (Å²) in [4.78, 5) is 14.0. The SMILES string of the molecule is COc1cc(OC)cc(OCCCN(C)C(=O)Cc2ccc(N)cc2)c1.Cl. The van der Waals surface area contributed by atoms with E-state index < -0.39 is 0 Å². The Hall–Kier alpha value is -2.60. The summed E-state index contributed by atoms with van der Waals surface area (Å²) in [6.07, 6.45) is 1.09. The second-order valence-electron chi connectivity index (χ2n) is 5.98. The molecule has 0 aromatic heterocycles. The van der Waals surface area contributed by atoms with Gasteiger partial charge in [-0.25, -0.2) is 0 Å². The molecule has 0 saturated heterocycles. The molecule has 0 spiro atoms. The summed E-state index contributed by atoms with van der Waals surface area (Å²) in [5.41, 5.74) is 7.31. The highest BCUT2D eigenvalue weighted by Gasteiger charge is 2.10. The molecule has 0 unspecified atom stereocenters. The average molecular weight is 395 g/mol. The molecule has 0 aliphatic carbocycles. The van der Waals surface area contributed by atoms with E-state index in [1.165, 1.54) is 0 Å². The van der Waals surface area contributed by atoms with E-state index in [0.29, 0.717) is 42.5 Å². The average Bonchev–Trinajstić information content (AvgIpc) is 2.66. The van der Waals surface area contributed by atoms with Crippen molar-refractivity contribution in [3.63, 3.8) is 0 Å². The van der Waals surface area contributed by atoms with Crippen molar-refractivity contribution in [1.82, 2.24) is 4.90 Å². The lowest BCUT2D eigenvalue weighted by atomic mass is 10.1. The van der Waals surface area contributed by atoms with Crippen molar-refractivity contribution in [3.05, 3.63) is 48.0 Å². The van der Waals surface area contributed by atoms with E-state index in [0.717, 1.165) is 12.0 Å². The zero-order valence-electron chi connectivity index (χ0n) is 15.9. The van der Waals surface area contributed by atoms with E-state index in [2.05, 4.69) is 0 Å². The van der Waals surface area contributed by atoms with Crippen LogP contribution in [0.5, 0.6) is 17.2 Å². The monoisotopic (exact) mass is 394 g/mol. The summed E-state index contributed by atoms with van der Waals surface area (Å²) >= 11 is 0. The summed E-state index contributed by atoms with van der Waals surface area (Å²) in [5, 5.41) is 0. The number of hydrogen-bond acceptors (Lipinski definition) is 5. The number of nitrogens with zero attached hydrogens (tertiary/aromatic N) is 1. The normalized spacial score (nSPS) is 9.89. The van der Waals surface area contributed by atoms with E-state index in [9.17, 15) is 4.79 Å². The lowest BCUT2D eigenvalue weighted by Gasteiger charge is -2.17. The number of nitrogen functional groups attached to an aromatic ring is 1. The highest BCUT2D eigenvalue weighted by molar-refractivity contribution is 5.85. The third-order valence-corrected chi connectivity index (χ3v) is 3.99. The minimum atomic E-state index is 0. The topological polar surface area (TPSA) is 74.0 Å². The van der Waals surface area contributed by atoms with Crippen LogP contribution >= 0.6 is 12.4 Å². The van der Waals surface area contributed by atoms with Crippen LogP contribution in [0, 0.1) is 0 Å². The first-order valence-electron chi connectivity index (χ1n) is 8.46. The third kappa shape index (κ3) is 7.27. The van der Waals surface area contributed by atoms with Crippen LogP contribution in [0.25, 0.3) is 0 Å². The summed E-state index contributed by atoms with van der Waals surface area (Å²) in [7, 11) is 4.99. The van der Waals surface area contributed by atoms with Crippen LogP contribution in [-0.4, -0.2) is 45.2 Å². The van der Waals surface area contributed by atoms with E-state index in [1.807, 2.05) is 12.1 Å². The predicted octanol–water partition coefficient (Wildman–Crippen LogP) is 3.18. The van der Waals surface area contributed by atoms with Crippen molar-refractivity contribution in [2.45, 2.75) is 12.8 Å². The first kappa shape index (κ1) is 22.4. The molecule has 2 N–H and O–H groups in total. The fraction of sp³-hybridized carbons (Fsp3) is 0.350. The first-order chi connectivity index (χ1) is 12.5. The van der Waals surface area contributed by atoms with Crippen molar-refractivity contribution in [3.8, 4) is 17.2 Å². The van der Waals surface area contributed by atoms with Crippen LogP contribution in [0.2, 0.25) is 0 Å². The summed E-state index contributed by atoms with van der Waals surface area (Å²) in [5.74, 6) is 2.10. The van der Waals surface area contributed by atoms with Crippen LogP contribution in [0.15, 0.2) is 42.5 Å². The highest BCUT2D eigenvalue weighted by Crippen LogP contribution is 2.27. The first-order valence-corrected chi connectivity index (χ1v) is 8.46. The van der Waals surface area contributed by atoms with E-state index in [1.54, 1.807) is 56.5 Å². The summed E-state index contributed by atoms with van der Waals surface area (Å²) in [6.45, 7) is 1.12. The number of benzene rings is 2. The van der Waals surface area contributed by atoms with Gasteiger partial charge in [-0.15, -0.1) is 12.4 Å². The molecule has 0 aliphatic heterocycles. The lowest BCUT2D eigenvalue weighted by Crippen LogP contribution is -2.30. The van der Waals surface area contributed by atoms with Crippen molar-refractivity contribution in [2.24, 2.45) is 0 Å². The molecule has 0 aliphatic rings. The van der Waals surface area contributed by atoms with Gasteiger partial charge in [0.25, 0.3) is 0 Å². The fourth-order valence-electron chi connectivity index (χ4n) is 2.43. The van der Waals surface area contributed by atoms with Crippen molar-refractivity contribution in [2.75, 3.05) is 40.2 Å². The highest BCUT2D eigenvalue weighted by atomic mass is 35.5. The van der Waals surface area contributed by atoms with Gasteiger partial charge in [-0.3, -0.25) is 4.79 Å². The molecule has 0 saturated carbocycles. The Kier molecular flexibility index (Phi) is 9.30. The minimum Gasteiger partial charge on any atom is -0.496 e. The Morgan fingerprint density at radius 2 is 1.56 bits per heavy atom. The number of hydrogen-bond donors (Lipinski definition) is 1. The molecule has 2 aromatic rings. The number of amides is 1. The van der Waals surface area contributed by atoms with Gasteiger partial charge in [0.15, 0.2) is 0 Å². The van der Waals surface area contributed by atoms with Gasteiger partial charge in [-0.05, 0) is 24.1 Å². The molecule has 6 nitrogen and oxygen atoms in total. The molecule has 0 radical (unpaired) electrons. The number of halogens is 1. The molecule has 0 heterocycles. The zero-order chi connectivity index (χ0) is 18.9. The number of anilines is 1. The number of rotatable bonds is 9. The maximum atomic E-state index is 12.2. The summed E-state index contributed by atoms with van der Waals surface area (Å²) < 4.78 is 16.2. The second kappa shape index (κ2) is 11.2. The Labute approximate surface area is 166 Å². The minimum absolute atomic E-state index is 0. The molecular weight excluding hydrogens is 368 g/mol. The van der Waals surface area contributed by atoms with Crippen LogP contribution in [0.3, 0.4) is 0 Å². The van der Waals surface area contributed by atoms with Crippen LogP contribution in [0.4, 0.5) is 5.69 Å². The smallest absolute Gasteiger partial charge is 0.226 e. The van der Waals surface area contributed by atoms with E-state index in [4.69, 9.17) is 19.9 Å². The van der Waals surface area contributed by atoms with Gasteiger partial charge in [0, 0.05) is 37.5 Å². The van der Waals surface area contributed by atoms with Gasteiger partial charge < -0.3 is 24.8 Å². The molecule has 2 aromatic carbocycles. The molecule has 148 valence electrons. The fourth-order valence-corrected chi connectivity index (χ4v) is 2.43. The van der Waals surface area contributed by atoms with Gasteiger partial charge in [-0.1, -0.05) is 12.1 Å². The van der Waals surface area contributed by atoms with E-state index >= 15 is 0 Å². The zero-order valence-corrected chi connectivity index (χ0v) is 16.8. The Bertz CT molecular complexity index is 700. The standard InChI is InChI=1S/C20H26N2O4.ClH/c1-22(20(23)11-15-5-7-16(21)8-6-15)9-4-10-26-19-13-17(24-2)12-18(14-19)25-3;/h5-8,12-14H,4,9-11,21H2,1-3H3;1H. The van der Waals surface area contributed by atoms with Gasteiger partial charge in [0.1, 0.15) is 17.2 Å². The largest absolute Gasteiger partial charge is 0.496 e. The van der Waals surface area contributed by atoms with Gasteiger partial charge in [0.2, 0.25) is 5.91 Å². The quantitative estimate of drug-likeness (QED) is 0.522. The predicted molar refractivity (Wildman–Crippen MR) is 109 cm³/mol. The molecule has 0 atom stereocenters. The van der Waals surface area contributed by atoms with Gasteiger partial charge in [-0.2, -0.15) is 0 Å². The Balaban J connectivity index is 0.00000364. The molecule has 27 heavy (non-hydrogen) atoms. The Morgan fingerprint density at radius 1 is 1.00 bits per heavy atom. The number of likely N-dealkylation sites (N-methyl/N-ethyl adjacent to an activating group) is 1. The van der Waals surface area contributed by atoms with Crippen LogP contribution in [-0.2, 0) is 11.2 Å². The van der Waals surface area contributed by atoms with Gasteiger partial charge in [0.05, 0.1) is 27.2 Å². The van der Waals surface area contributed by atoms with Crippen molar-refractivity contribution < 1.29 is 19.0 Å². The Morgan fingerprint density at radius 3 is 2.11 bits per heavy atom. The molecular formula is C20H27ClN2O4. The second-order valence-corrected chi connectivity index (χ2v) is 5.98. The third-order valence-electron chi connectivity index (χ3n) is 3.99. The lowest BCUT2D eigenvalue weighted by molar-refractivity contribution is -0.129. The number of methoxy groups -OCH3 is 2. The molecule has 0 fully saturated rings. The number of carbonyl (C=O) groups excluding carboxylic acids is 1. The number of carbonyl (C=O) groups is 1. The molecule has 0 bridgehead atoms. The van der Waals surface area contributed by atoms with Crippen LogP contribution in [0.1, 0.15) is 12.0 Å².